The first-order valence-corrected chi connectivity index (χ1v) is 9.86. The van der Waals surface area contributed by atoms with Crippen LogP contribution < -0.4 is 5.32 Å². The van der Waals surface area contributed by atoms with Crippen LogP contribution in [0.3, 0.4) is 0 Å². The molecule has 27 heavy (non-hydrogen) atoms. The molecule has 2 saturated carbocycles. The number of anilines is 1. The molecular weight excluding hydrogens is 340 g/mol. The number of rotatable bonds is 4. The summed E-state index contributed by atoms with van der Waals surface area (Å²) in [5, 5.41) is 2.87. The SMILES string of the molecule is Cc1ccc(NC(=O)CCN2C(=O)[C@H]3[C@@H]4C=C[C@@H]([C@H]5C[C@H]45)[C@@H]3C2=O)cc1C. The zero-order chi connectivity index (χ0) is 18.9. The van der Waals surface area contributed by atoms with Crippen molar-refractivity contribution >= 4 is 23.4 Å². The maximum Gasteiger partial charge on any atom is 0.233 e. The fourth-order valence-electron chi connectivity index (χ4n) is 5.50. The Balaban J connectivity index is 1.24. The average Bonchev–Trinajstić information content (AvgIpc) is 3.42. The van der Waals surface area contributed by atoms with Gasteiger partial charge < -0.3 is 5.32 Å². The fourth-order valence-corrected chi connectivity index (χ4v) is 5.50. The van der Waals surface area contributed by atoms with Crippen LogP contribution in [0, 0.1) is 49.4 Å². The van der Waals surface area contributed by atoms with Gasteiger partial charge >= 0.3 is 0 Å². The lowest BCUT2D eigenvalue weighted by molar-refractivity contribution is -0.140. The van der Waals surface area contributed by atoms with Crippen molar-refractivity contribution < 1.29 is 14.4 Å². The topological polar surface area (TPSA) is 66.5 Å². The number of benzene rings is 1. The molecule has 1 aromatic rings. The molecule has 6 atom stereocenters. The third-order valence-corrected chi connectivity index (χ3v) is 7.11. The van der Waals surface area contributed by atoms with Gasteiger partial charge in [0.15, 0.2) is 0 Å². The Morgan fingerprint density at radius 2 is 1.67 bits per heavy atom. The molecule has 0 spiro atoms. The number of likely N-dealkylation sites (tertiary alicyclic amines) is 1. The molecule has 1 aromatic carbocycles. The predicted molar refractivity (Wildman–Crippen MR) is 101 cm³/mol. The first-order chi connectivity index (χ1) is 13.0. The molecule has 5 aliphatic rings. The molecule has 3 amide bonds. The lowest BCUT2D eigenvalue weighted by atomic mass is 9.63. The third kappa shape index (κ3) is 2.47. The van der Waals surface area contributed by atoms with Crippen molar-refractivity contribution in [2.24, 2.45) is 35.5 Å². The number of nitrogens with zero attached hydrogens (tertiary/aromatic N) is 1. The summed E-state index contributed by atoms with van der Waals surface area (Å²) in [4.78, 5) is 39.5. The van der Waals surface area contributed by atoms with Crippen molar-refractivity contribution in [2.45, 2.75) is 26.7 Å². The van der Waals surface area contributed by atoms with Gasteiger partial charge in [-0.2, -0.15) is 0 Å². The Hall–Kier alpha value is -2.43. The summed E-state index contributed by atoms with van der Waals surface area (Å²) in [7, 11) is 0. The van der Waals surface area contributed by atoms with E-state index in [0.29, 0.717) is 11.8 Å². The van der Waals surface area contributed by atoms with E-state index in [4.69, 9.17) is 0 Å². The Kier molecular flexibility index (Phi) is 3.58. The van der Waals surface area contributed by atoms with Crippen molar-refractivity contribution in [2.75, 3.05) is 11.9 Å². The van der Waals surface area contributed by atoms with Gasteiger partial charge in [0.05, 0.1) is 11.8 Å². The van der Waals surface area contributed by atoms with E-state index in [9.17, 15) is 14.4 Å². The number of aryl methyl sites for hydroxylation is 2. The van der Waals surface area contributed by atoms with Crippen LogP contribution in [0.25, 0.3) is 0 Å². The Labute approximate surface area is 158 Å². The molecule has 5 heteroatoms. The highest BCUT2D eigenvalue weighted by molar-refractivity contribution is 6.06. The van der Waals surface area contributed by atoms with Crippen LogP contribution in [0.5, 0.6) is 0 Å². The van der Waals surface area contributed by atoms with Crippen molar-refractivity contribution in [3.63, 3.8) is 0 Å². The van der Waals surface area contributed by atoms with E-state index >= 15 is 0 Å². The smallest absolute Gasteiger partial charge is 0.233 e. The fraction of sp³-hybridized carbons (Fsp3) is 0.500. The van der Waals surface area contributed by atoms with Crippen molar-refractivity contribution in [3.05, 3.63) is 41.5 Å². The van der Waals surface area contributed by atoms with Gasteiger partial charge in [0.2, 0.25) is 17.7 Å². The Morgan fingerprint density at radius 1 is 1.04 bits per heavy atom. The zero-order valence-electron chi connectivity index (χ0n) is 15.6. The minimum atomic E-state index is -0.181. The monoisotopic (exact) mass is 364 g/mol. The molecule has 0 aromatic heterocycles. The first kappa shape index (κ1) is 16.7. The lowest BCUT2D eigenvalue weighted by Crippen LogP contribution is -2.40. The second-order valence-corrected chi connectivity index (χ2v) is 8.58. The van der Waals surface area contributed by atoms with E-state index < -0.39 is 0 Å². The lowest BCUT2D eigenvalue weighted by Gasteiger charge is -2.37. The maximum atomic E-state index is 12.9. The summed E-state index contributed by atoms with van der Waals surface area (Å²) in [6.45, 7) is 4.20. The molecule has 140 valence electrons. The van der Waals surface area contributed by atoms with Crippen LogP contribution in [0.15, 0.2) is 30.4 Å². The van der Waals surface area contributed by atoms with E-state index in [0.717, 1.165) is 17.7 Å². The van der Waals surface area contributed by atoms with Crippen LogP contribution in [0.1, 0.15) is 24.0 Å². The summed E-state index contributed by atoms with van der Waals surface area (Å²) in [6, 6.07) is 5.78. The van der Waals surface area contributed by atoms with Crippen LogP contribution in [-0.2, 0) is 14.4 Å². The minimum absolute atomic E-state index is 0.0614. The number of hydrogen-bond acceptors (Lipinski definition) is 3. The molecular formula is C22H24N2O3. The van der Waals surface area contributed by atoms with Crippen molar-refractivity contribution in [1.82, 2.24) is 4.90 Å². The molecule has 5 nitrogen and oxygen atoms in total. The molecule has 0 unspecified atom stereocenters. The van der Waals surface area contributed by atoms with Crippen molar-refractivity contribution in [3.8, 4) is 0 Å². The summed E-state index contributed by atoms with van der Waals surface area (Å²) in [6.07, 6.45) is 5.63. The van der Waals surface area contributed by atoms with Gasteiger partial charge in [-0.1, -0.05) is 18.2 Å². The largest absolute Gasteiger partial charge is 0.326 e. The number of amides is 3. The van der Waals surface area contributed by atoms with E-state index in [1.165, 1.54) is 10.5 Å². The van der Waals surface area contributed by atoms with E-state index in [1.807, 2.05) is 32.0 Å². The highest BCUT2D eigenvalue weighted by Crippen LogP contribution is 2.65. The van der Waals surface area contributed by atoms with Gasteiger partial charge in [-0.15, -0.1) is 0 Å². The highest BCUT2D eigenvalue weighted by Gasteiger charge is 2.66. The molecule has 1 aliphatic heterocycles. The average molecular weight is 364 g/mol. The summed E-state index contributed by atoms with van der Waals surface area (Å²) >= 11 is 0. The molecule has 3 fully saturated rings. The maximum absolute atomic E-state index is 12.9. The number of carbonyl (C=O) groups excluding carboxylic acids is 3. The number of imide groups is 1. The second kappa shape index (κ2) is 5.78. The quantitative estimate of drug-likeness (QED) is 0.660. The van der Waals surface area contributed by atoms with E-state index in [2.05, 4.69) is 17.5 Å². The Bertz CT molecular complexity index is 854. The first-order valence-electron chi connectivity index (χ1n) is 9.86. The molecule has 6 rings (SSSR count). The molecule has 0 radical (unpaired) electrons. The summed E-state index contributed by atoms with van der Waals surface area (Å²) < 4.78 is 0. The van der Waals surface area contributed by atoms with Gasteiger partial charge in [-0.25, -0.2) is 0 Å². The van der Waals surface area contributed by atoms with Gasteiger partial charge in [-0.3, -0.25) is 19.3 Å². The van der Waals surface area contributed by atoms with Crippen LogP contribution in [0.4, 0.5) is 5.69 Å². The van der Waals surface area contributed by atoms with Gasteiger partial charge in [0.1, 0.15) is 0 Å². The number of nitrogens with one attached hydrogen (secondary N) is 1. The number of allylic oxidation sites excluding steroid dienone is 2. The van der Waals surface area contributed by atoms with Gasteiger partial charge in [0.25, 0.3) is 0 Å². The standard InChI is InChI=1S/C22H24N2O3/c1-11-3-4-13(9-12(11)2)23-18(25)7-8-24-21(26)19-14-5-6-15(17-10-16(14)17)20(19)22(24)27/h3-6,9,14-17,19-20H,7-8,10H2,1-2H3,(H,23,25)/t14-,15+,16-,17-,19+,20+/m1/s1. The third-order valence-electron chi connectivity index (χ3n) is 7.11. The molecule has 2 bridgehead atoms. The summed E-state index contributed by atoms with van der Waals surface area (Å²) in [5.41, 5.74) is 3.03. The normalized spacial score (nSPS) is 35.3. The van der Waals surface area contributed by atoms with Gasteiger partial charge in [-0.05, 0) is 67.2 Å². The minimum Gasteiger partial charge on any atom is -0.326 e. The highest BCUT2D eigenvalue weighted by atomic mass is 16.2. The van der Waals surface area contributed by atoms with E-state index in [-0.39, 0.29) is 54.4 Å². The zero-order valence-corrected chi connectivity index (χ0v) is 15.6. The molecule has 1 N–H and O–H groups in total. The number of hydrogen-bond donors (Lipinski definition) is 1. The molecule has 1 heterocycles. The second-order valence-electron chi connectivity index (χ2n) is 8.58. The van der Waals surface area contributed by atoms with Gasteiger partial charge in [0, 0.05) is 18.7 Å². The van der Waals surface area contributed by atoms with Crippen molar-refractivity contribution in [1.29, 1.82) is 0 Å². The predicted octanol–water partition coefficient (Wildman–Crippen LogP) is 2.69. The molecule has 4 aliphatic carbocycles. The van der Waals surface area contributed by atoms with Crippen LogP contribution in [0.2, 0.25) is 0 Å². The van der Waals surface area contributed by atoms with Crippen LogP contribution in [-0.4, -0.2) is 29.2 Å². The van der Waals surface area contributed by atoms with Crippen LogP contribution >= 0.6 is 0 Å². The van der Waals surface area contributed by atoms with E-state index in [1.54, 1.807) is 0 Å². The number of carbonyl (C=O) groups is 3. The summed E-state index contributed by atoms with van der Waals surface area (Å²) in [5.74, 6) is 1.02. The Morgan fingerprint density at radius 3 is 2.26 bits per heavy atom. The molecule has 1 saturated heterocycles.